The van der Waals surface area contributed by atoms with Crippen molar-refractivity contribution in [1.29, 1.82) is 0 Å². The average Bonchev–Trinajstić information content (AvgIpc) is 2.83. The number of para-hydroxylation sites is 1. The van der Waals surface area contributed by atoms with E-state index in [1.807, 2.05) is 0 Å². The first-order chi connectivity index (χ1) is 9.09. The van der Waals surface area contributed by atoms with Crippen molar-refractivity contribution in [2.45, 2.75) is 4.90 Å². The Kier molecular flexibility index (Phi) is 3.02. The van der Waals surface area contributed by atoms with Crippen molar-refractivity contribution < 1.29 is 8.42 Å². The predicted molar refractivity (Wildman–Crippen MR) is 79.3 cm³/mol. The van der Waals surface area contributed by atoms with Crippen LogP contribution in [0.15, 0.2) is 53.4 Å². The lowest BCUT2D eigenvalue weighted by Crippen LogP contribution is -2.14. The molecule has 0 amide bonds. The zero-order valence-corrected chi connectivity index (χ0v) is 12.5. The molecule has 0 N–H and O–H groups in total. The van der Waals surface area contributed by atoms with E-state index in [0.29, 0.717) is 11.0 Å². The topological polar surface area (TPSA) is 64.8 Å². The molecule has 0 aliphatic heterocycles. The van der Waals surface area contributed by atoms with E-state index in [-0.39, 0.29) is 4.90 Å². The summed E-state index contributed by atoms with van der Waals surface area (Å²) in [5.41, 5.74) is 1.03. The predicted octanol–water partition coefficient (Wildman–Crippen LogP) is 2.27. The molecule has 0 aliphatic rings. The number of hydrogen-bond acceptors (Lipinski definition) is 4. The second kappa shape index (κ2) is 4.57. The first-order valence-electron chi connectivity index (χ1n) is 5.40. The summed E-state index contributed by atoms with van der Waals surface area (Å²) >= 11 is 2.12. The molecular weight excluding hydrogens is 377 g/mol. The second-order valence-electron chi connectivity index (χ2n) is 3.88. The SMILES string of the molecule is O=S(=O)(c1ccc(I)cc1)n1nnc2ccccc21. The standard InChI is InChI=1S/C12H8IN3O2S/c13-9-5-7-10(8-6-9)19(17,18)16-12-4-2-1-3-11(12)14-15-16/h1-8H. The minimum atomic E-state index is -3.70. The monoisotopic (exact) mass is 385 g/mol. The highest BCUT2D eigenvalue weighted by molar-refractivity contribution is 14.1. The Morgan fingerprint density at radius 2 is 1.68 bits per heavy atom. The van der Waals surface area contributed by atoms with Crippen LogP contribution < -0.4 is 0 Å². The van der Waals surface area contributed by atoms with Gasteiger partial charge in [0, 0.05) is 3.57 Å². The Labute approximate surface area is 123 Å². The molecule has 5 nitrogen and oxygen atoms in total. The molecule has 0 aliphatic carbocycles. The summed E-state index contributed by atoms with van der Waals surface area (Å²) < 4.78 is 26.9. The first-order valence-corrected chi connectivity index (χ1v) is 7.92. The zero-order valence-electron chi connectivity index (χ0n) is 9.56. The molecule has 19 heavy (non-hydrogen) atoms. The van der Waals surface area contributed by atoms with Crippen molar-refractivity contribution in [3.8, 4) is 0 Å². The molecule has 0 spiro atoms. The number of hydrogen-bond donors (Lipinski definition) is 0. The van der Waals surface area contributed by atoms with Gasteiger partial charge in [-0.2, -0.15) is 8.42 Å². The summed E-state index contributed by atoms with van der Waals surface area (Å²) in [6.07, 6.45) is 0. The third-order valence-electron chi connectivity index (χ3n) is 2.66. The smallest absolute Gasteiger partial charge is 0.199 e. The molecule has 96 valence electrons. The van der Waals surface area contributed by atoms with Gasteiger partial charge >= 0.3 is 0 Å². The minimum Gasteiger partial charge on any atom is -0.199 e. The number of nitrogens with zero attached hydrogens (tertiary/aromatic N) is 3. The Morgan fingerprint density at radius 3 is 2.42 bits per heavy atom. The van der Waals surface area contributed by atoms with E-state index in [2.05, 4.69) is 32.9 Å². The van der Waals surface area contributed by atoms with Crippen molar-refractivity contribution >= 4 is 43.6 Å². The van der Waals surface area contributed by atoms with Gasteiger partial charge < -0.3 is 0 Å². The van der Waals surface area contributed by atoms with Gasteiger partial charge in [-0.05, 0) is 59.0 Å². The van der Waals surface area contributed by atoms with Gasteiger partial charge in [-0.15, -0.1) is 9.19 Å². The molecule has 0 saturated heterocycles. The Hall–Kier alpha value is -1.48. The van der Waals surface area contributed by atoms with Gasteiger partial charge in [-0.1, -0.05) is 17.3 Å². The highest BCUT2D eigenvalue weighted by Crippen LogP contribution is 2.19. The normalized spacial score (nSPS) is 11.8. The lowest BCUT2D eigenvalue weighted by atomic mass is 10.3. The van der Waals surface area contributed by atoms with Gasteiger partial charge in [-0.3, -0.25) is 0 Å². The highest BCUT2D eigenvalue weighted by Gasteiger charge is 2.20. The van der Waals surface area contributed by atoms with Crippen molar-refractivity contribution in [3.05, 3.63) is 52.1 Å². The molecule has 0 unspecified atom stereocenters. The van der Waals surface area contributed by atoms with Crippen molar-refractivity contribution in [2.24, 2.45) is 0 Å². The molecule has 1 heterocycles. The van der Waals surface area contributed by atoms with Gasteiger partial charge in [0.25, 0.3) is 10.0 Å². The van der Waals surface area contributed by atoms with E-state index in [1.165, 1.54) is 0 Å². The Morgan fingerprint density at radius 1 is 1.00 bits per heavy atom. The van der Waals surface area contributed by atoms with Crippen LogP contribution in [0.2, 0.25) is 0 Å². The molecule has 3 aromatic rings. The highest BCUT2D eigenvalue weighted by atomic mass is 127. The van der Waals surface area contributed by atoms with Crippen molar-refractivity contribution in [2.75, 3.05) is 0 Å². The molecular formula is C12H8IN3O2S. The molecule has 0 radical (unpaired) electrons. The van der Waals surface area contributed by atoms with E-state index >= 15 is 0 Å². The van der Waals surface area contributed by atoms with Gasteiger partial charge in [0.2, 0.25) is 0 Å². The van der Waals surface area contributed by atoms with Gasteiger partial charge in [0.15, 0.2) is 0 Å². The van der Waals surface area contributed by atoms with Crippen LogP contribution in [0.25, 0.3) is 11.0 Å². The third-order valence-corrected chi connectivity index (χ3v) is 4.97. The Bertz CT molecular complexity index is 841. The fourth-order valence-electron chi connectivity index (χ4n) is 1.73. The molecule has 3 rings (SSSR count). The summed E-state index contributed by atoms with van der Waals surface area (Å²) in [6, 6.07) is 13.6. The summed E-state index contributed by atoms with van der Waals surface area (Å²) in [4.78, 5) is 0.198. The molecule has 0 saturated carbocycles. The molecule has 0 bridgehead atoms. The number of rotatable bonds is 2. The summed E-state index contributed by atoms with van der Waals surface area (Å²) in [5.74, 6) is 0. The number of benzene rings is 2. The summed E-state index contributed by atoms with van der Waals surface area (Å²) in [7, 11) is -3.70. The lowest BCUT2D eigenvalue weighted by molar-refractivity contribution is 0.579. The molecule has 0 fully saturated rings. The van der Waals surface area contributed by atoms with Crippen LogP contribution >= 0.6 is 22.6 Å². The fourth-order valence-corrected chi connectivity index (χ4v) is 3.32. The number of halogens is 1. The van der Waals surface area contributed by atoms with E-state index in [4.69, 9.17) is 0 Å². The number of fused-ring (bicyclic) bond motifs is 1. The van der Waals surface area contributed by atoms with Crippen molar-refractivity contribution in [1.82, 2.24) is 14.4 Å². The quantitative estimate of drug-likeness (QED) is 0.635. The fraction of sp³-hybridized carbons (Fsp3) is 0. The summed E-state index contributed by atoms with van der Waals surface area (Å²) in [6.45, 7) is 0. The van der Waals surface area contributed by atoms with E-state index in [1.54, 1.807) is 48.5 Å². The van der Waals surface area contributed by atoms with E-state index in [0.717, 1.165) is 7.66 Å². The third kappa shape index (κ3) is 2.12. The Balaban J connectivity index is 2.22. The van der Waals surface area contributed by atoms with Crippen molar-refractivity contribution in [3.63, 3.8) is 0 Å². The number of aromatic nitrogens is 3. The van der Waals surface area contributed by atoms with Crippen LogP contribution in [0, 0.1) is 3.57 Å². The maximum absolute atomic E-state index is 12.5. The van der Waals surface area contributed by atoms with Gasteiger partial charge in [-0.25, -0.2) is 0 Å². The van der Waals surface area contributed by atoms with Gasteiger partial charge in [0.1, 0.15) is 11.0 Å². The maximum atomic E-state index is 12.5. The van der Waals surface area contributed by atoms with Crippen LogP contribution in [0.1, 0.15) is 0 Å². The first kappa shape index (κ1) is 12.5. The summed E-state index contributed by atoms with van der Waals surface area (Å²) in [5, 5.41) is 7.60. The van der Waals surface area contributed by atoms with Crippen LogP contribution in [0.3, 0.4) is 0 Å². The largest absolute Gasteiger partial charge is 0.284 e. The van der Waals surface area contributed by atoms with Gasteiger partial charge in [0.05, 0.1) is 4.90 Å². The maximum Gasteiger partial charge on any atom is 0.284 e. The van der Waals surface area contributed by atoms with Crippen LogP contribution in [0.5, 0.6) is 0 Å². The van der Waals surface area contributed by atoms with Crippen LogP contribution in [-0.2, 0) is 10.0 Å². The molecule has 0 atom stereocenters. The molecule has 2 aromatic carbocycles. The van der Waals surface area contributed by atoms with Crippen LogP contribution in [-0.4, -0.2) is 22.8 Å². The lowest BCUT2D eigenvalue weighted by Gasteiger charge is -2.04. The average molecular weight is 385 g/mol. The second-order valence-corrected chi connectivity index (χ2v) is 6.89. The molecule has 7 heteroatoms. The zero-order chi connectivity index (χ0) is 13.5. The van der Waals surface area contributed by atoms with E-state index < -0.39 is 10.0 Å². The van der Waals surface area contributed by atoms with Crippen LogP contribution in [0.4, 0.5) is 0 Å². The minimum absolute atomic E-state index is 0.198. The van der Waals surface area contributed by atoms with E-state index in [9.17, 15) is 8.42 Å². The molecule has 1 aromatic heterocycles.